The fraction of sp³-hybridized carbons (Fsp3) is 0.444. The largest absolute Gasteiger partial charge is 0.480 e. The number of benzene rings is 2. The van der Waals surface area contributed by atoms with E-state index in [-0.39, 0.29) is 42.7 Å². The molecule has 7 nitrogen and oxygen atoms in total. The molecule has 0 saturated heterocycles. The molecule has 0 bridgehead atoms. The summed E-state index contributed by atoms with van der Waals surface area (Å²) in [5.41, 5.74) is 4.67. The van der Waals surface area contributed by atoms with Crippen LogP contribution in [0.5, 0.6) is 0 Å². The van der Waals surface area contributed by atoms with Crippen LogP contribution in [0, 0.1) is 11.8 Å². The molecule has 1 saturated carbocycles. The first-order chi connectivity index (χ1) is 16.3. The van der Waals surface area contributed by atoms with Gasteiger partial charge in [-0.2, -0.15) is 0 Å². The molecule has 7 heteroatoms. The number of carbonyl (C=O) groups is 3. The Bertz CT molecular complexity index is 1020. The molecule has 0 heterocycles. The lowest BCUT2D eigenvalue weighted by molar-refractivity contribution is -0.143. The minimum atomic E-state index is -1.04. The molecule has 2 amide bonds. The van der Waals surface area contributed by atoms with E-state index in [0.717, 1.165) is 30.4 Å². The number of carbonyl (C=O) groups excluding carboxylic acids is 2. The van der Waals surface area contributed by atoms with E-state index in [1.54, 1.807) is 13.8 Å². The first kappa shape index (κ1) is 23.8. The van der Waals surface area contributed by atoms with E-state index in [9.17, 15) is 19.5 Å². The van der Waals surface area contributed by atoms with Crippen molar-refractivity contribution in [1.29, 1.82) is 0 Å². The lowest BCUT2D eigenvalue weighted by Gasteiger charge is -2.23. The van der Waals surface area contributed by atoms with Crippen LogP contribution in [-0.2, 0) is 14.3 Å². The molecule has 2 aromatic carbocycles. The van der Waals surface area contributed by atoms with E-state index in [4.69, 9.17) is 4.74 Å². The van der Waals surface area contributed by atoms with E-state index in [1.807, 2.05) is 24.3 Å². The standard InChI is InChI=1S/C27H32N2O5/c1-16(2)25(26(31)32)29-24(30)14-17-8-7-13-23(17)28-27(33)34-15-22-20-11-5-3-9-18(20)19-10-4-6-12-21(19)22/h3-6,9-12,16-17,22-23,25H,7-8,13-15H2,1-2H3,(H,28,33)(H,29,30)(H,31,32)/t17-,23+,25+/m0/s1. The van der Waals surface area contributed by atoms with Crippen LogP contribution in [0.1, 0.15) is 56.6 Å². The number of carboxylic acid groups (broad SMARTS) is 1. The second kappa shape index (κ2) is 10.3. The van der Waals surface area contributed by atoms with Crippen LogP contribution in [0.15, 0.2) is 48.5 Å². The highest BCUT2D eigenvalue weighted by Gasteiger charge is 2.33. The molecule has 3 N–H and O–H groups in total. The van der Waals surface area contributed by atoms with Crippen LogP contribution in [0.3, 0.4) is 0 Å². The van der Waals surface area contributed by atoms with Crippen LogP contribution in [0.4, 0.5) is 4.79 Å². The van der Waals surface area contributed by atoms with Crippen LogP contribution in [0.2, 0.25) is 0 Å². The number of hydrogen-bond acceptors (Lipinski definition) is 4. The lowest BCUT2D eigenvalue weighted by atomic mass is 9.98. The molecular weight excluding hydrogens is 432 g/mol. The van der Waals surface area contributed by atoms with Crippen molar-refractivity contribution in [3.63, 3.8) is 0 Å². The average molecular weight is 465 g/mol. The third kappa shape index (κ3) is 5.08. The number of ether oxygens (including phenoxy) is 1. The van der Waals surface area contributed by atoms with Gasteiger partial charge in [0.2, 0.25) is 5.91 Å². The Hall–Kier alpha value is -3.35. The van der Waals surface area contributed by atoms with Crippen LogP contribution < -0.4 is 10.6 Å². The molecule has 2 aliphatic carbocycles. The van der Waals surface area contributed by atoms with Crippen molar-refractivity contribution in [2.75, 3.05) is 6.61 Å². The molecular formula is C27H32N2O5. The van der Waals surface area contributed by atoms with Crippen molar-refractivity contribution in [3.05, 3.63) is 59.7 Å². The first-order valence-corrected chi connectivity index (χ1v) is 12.0. The Balaban J connectivity index is 1.33. The van der Waals surface area contributed by atoms with Crippen LogP contribution in [-0.4, -0.2) is 41.8 Å². The van der Waals surface area contributed by atoms with E-state index < -0.39 is 18.1 Å². The molecule has 0 aromatic heterocycles. The molecule has 3 atom stereocenters. The van der Waals surface area contributed by atoms with Gasteiger partial charge in [-0.25, -0.2) is 9.59 Å². The van der Waals surface area contributed by atoms with Crippen molar-refractivity contribution in [3.8, 4) is 11.1 Å². The number of amides is 2. The fourth-order valence-electron chi connectivity index (χ4n) is 5.25. The monoisotopic (exact) mass is 464 g/mol. The Morgan fingerprint density at radius 3 is 2.21 bits per heavy atom. The van der Waals surface area contributed by atoms with Crippen molar-refractivity contribution < 1.29 is 24.2 Å². The smallest absolute Gasteiger partial charge is 0.407 e. The van der Waals surface area contributed by atoms with Gasteiger partial charge in [-0.3, -0.25) is 4.79 Å². The highest BCUT2D eigenvalue weighted by molar-refractivity contribution is 5.84. The molecule has 0 radical (unpaired) electrons. The van der Waals surface area contributed by atoms with Gasteiger partial charge in [0.1, 0.15) is 12.6 Å². The molecule has 180 valence electrons. The third-order valence-corrected chi connectivity index (χ3v) is 7.00. The van der Waals surface area contributed by atoms with Gasteiger partial charge < -0.3 is 20.5 Å². The van der Waals surface area contributed by atoms with Crippen molar-refractivity contribution in [2.45, 2.75) is 57.5 Å². The zero-order valence-corrected chi connectivity index (χ0v) is 19.6. The Morgan fingerprint density at radius 2 is 1.62 bits per heavy atom. The number of aliphatic carboxylic acids is 1. The summed E-state index contributed by atoms with van der Waals surface area (Å²) in [5.74, 6) is -1.59. The minimum absolute atomic E-state index is 0.00714. The molecule has 2 aliphatic rings. The number of fused-ring (bicyclic) bond motifs is 3. The maximum absolute atomic E-state index is 12.7. The normalized spacial score (nSPS) is 19.9. The van der Waals surface area contributed by atoms with E-state index in [0.29, 0.717) is 0 Å². The maximum Gasteiger partial charge on any atom is 0.407 e. The maximum atomic E-state index is 12.7. The molecule has 0 unspecified atom stereocenters. The highest BCUT2D eigenvalue weighted by Crippen LogP contribution is 2.44. The summed E-state index contributed by atoms with van der Waals surface area (Å²) >= 11 is 0. The van der Waals surface area contributed by atoms with Gasteiger partial charge in [0.05, 0.1) is 0 Å². The summed E-state index contributed by atoms with van der Waals surface area (Å²) < 4.78 is 5.65. The van der Waals surface area contributed by atoms with Crippen molar-refractivity contribution in [1.82, 2.24) is 10.6 Å². The van der Waals surface area contributed by atoms with E-state index >= 15 is 0 Å². The Kier molecular flexibility index (Phi) is 7.20. The summed E-state index contributed by atoms with van der Waals surface area (Å²) in [6, 6.07) is 15.3. The predicted molar refractivity (Wildman–Crippen MR) is 128 cm³/mol. The summed E-state index contributed by atoms with van der Waals surface area (Å²) in [6.45, 7) is 3.76. The van der Waals surface area contributed by atoms with E-state index in [2.05, 4.69) is 34.9 Å². The van der Waals surface area contributed by atoms with Gasteiger partial charge in [-0.1, -0.05) is 68.8 Å². The molecule has 4 rings (SSSR count). The second-order valence-corrected chi connectivity index (χ2v) is 9.60. The Labute approximate surface area is 199 Å². The zero-order valence-electron chi connectivity index (χ0n) is 19.6. The molecule has 2 aromatic rings. The van der Waals surface area contributed by atoms with E-state index in [1.165, 1.54) is 11.1 Å². The van der Waals surface area contributed by atoms with Gasteiger partial charge in [-0.15, -0.1) is 0 Å². The van der Waals surface area contributed by atoms with Gasteiger partial charge in [-0.05, 0) is 46.9 Å². The number of carboxylic acids is 1. The number of nitrogens with one attached hydrogen (secondary N) is 2. The lowest BCUT2D eigenvalue weighted by Crippen LogP contribution is -2.46. The number of hydrogen-bond donors (Lipinski definition) is 3. The third-order valence-electron chi connectivity index (χ3n) is 7.00. The summed E-state index contributed by atoms with van der Waals surface area (Å²) in [7, 11) is 0. The summed E-state index contributed by atoms with van der Waals surface area (Å²) in [5, 5.41) is 14.9. The van der Waals surface area contributed by atoms with Gasteiger partial charge in [0.25, 0.3) is 0 Å². The average Bonchev–Trinajstić information content (AvgIpc) is 3.37. The summed E-state index contributed by atoms with van der Waals surface area (Å²) in [4.78, 5) is 36.5. The fourth-order valence-corrected chi connectivity index (χ4v) is 5.25. The van der Waals surface area contributed by atoms with Gasteiger partial charge in [0.15, 0.2) is 0 Å². The summed E-state index contributed by atoms with van der Waals surface area (Å²) in [6.07, 6.45) is 2.18. The highest BCUT2D eigenvalue weighted by atomic mass is 16.5. The molecule has 0 spiro atoms. The molecule has 0 aliphatic heterocycles. The Morgan fingerprint density at radius 1 is 1.00 bits per heavy atom. The van der Waals surface area contributed by atoms with Gasteiger partial charge >= 0.3 is 12.1 Å². The number of rotatable bonds is 8. The first-order valence-electron chi connectivity index (χ1n) is 12.0. The molecule has 34 heavy (non-hydrogen) atoms. The van der Waals surface area contributed by atoms with Crippen LogP contribution >= 0.6 is 0 Å². The second-order valence-electron chi connectivity index (χ2n) is 9.60. The predicted octanol–water partition coefficient (Wildman–Crippen LogP) is 4.31. The molecule has 1 fully saturated rings. The van der Waals surface area contributed by atoms with Gasteiger partial charge in [0, 0.05) is 18.4 Å². The topological polar surface area (TPSA) is 105 Å². The quantitative estimate of drug-likeness (QED) is 0.540. The van der Waals surface area contributed by atoms with Crippen LogP contribution in [0.25, 0.3) is 11.1 Å². The number of alkyl carbamates (subject to hydrolysis) is 1. The SMILES string of the molecule is CC(C)[C@@H](NC(=O)C[C@@H]1CCC[C@H]1NC(=O)OCC1c2ccccc2-c2ccccc21)C(=O)O. The minimum Gasteiger partial charge on any atom is -0.480 e. The van der Waals surface area contributed by atoms with Crippen molar-refractivity contribution in [2.24, 2.45) is 11.8 Å². The zero-order chi connectivity index (χ0) is 24.2. The van der Waals surface area contributed by atoms with Crippen molar-refractivity contribution >= 4 is 18.0 Å².